The zero-order chi connectivity index (χ0) is 38.2. The first-order chi connectivity index (χ1) is 25.6. The number of rotatable bonds is 4. The predicted octanol–water partition coefficient (Wildman–Crippen LogP) is 13.3. The van der Waals surface area contributed by atoms with Crippen molar-refractivity contribution in [3.8, 4) is 45.2 Å². The van der Waals surface area contributed by atoms with E-state index in [2.05, 4.69) is 188 Å². The summed E-state index contributed by atoms with van der Waals surface area (Å²) in [6.07, 6.45) is 0. The normalized spacial score (nSPS) is 12.6. The van der Waals surface area contributed by atoms with Crippen molar-refractivity contribution in [2.75, 3.05) is 0 Å². The number of imidazole rings is 1. The first-order valence-electron chi connectivity index (χ1n) is 19.0. The summed E-state index contributed by atoms with van der Waals surface area (Å²) in [5.41, 5.74) is 11.4. The fourth-order valence-corrected chi connectivity index (χ4v) is 7.56. The number of benzene rings is 6. The molecule has 0 unspecified atom stereocenters. The van der Waals surface area contributed by atoms with Gasteiger partial charge in [0, 0.05) is 27.5 Å². The maximum Gasteiger partial charge on any atom is 0.149 e. The monoisotopic (exact) mass is 707 g/mol. The quantitative estimate of drug-likeness (QED) is 0.198. The Morgan fingerprint density at radius 2 is 1.17 bits per heavy atom. The number of hydrogen-bond donors (Lipinski definition) is 1. The van der Waals surface area contributed by atoms with Gasteiger partial charge in [-0.2, -0.15) is 0 Å². The lowest BCUT2D eigenvalue weighted by Crippen LogP contribution is -2.17. The third kappa shape index (κ3) is 6.24. The van der Waals surface area contributed by atoms with Gasteiger partial charge in [-0.3, -0.25) is 4.57 Å². The molecule has 2 aromatic heterocycles. The Morgan fingerprint density at radius 1 is 0.519 bits per heavy atom. The molecule has 0 spiro atoms. The van der Waals surface area contributed by atoms with Crippen LogP contribution in [0.15, 0.2) is 127 Å². The molecule has 270 valence electrons. The smallest absolute Gasteiger partial charge is 0.149 e. The summed E-state index contributed by atoms with van der Waals surface area (Å²) >= 11 is 0. The highest BCUT2D eigenvalue weighted by Gasteiger charge is 2.29. The van der Waals surface area contributed by atoms with E-state index in [1.807, 2.05) is 6.07 Å². The van der Waals surface area contributed by atoms with E-state index in [9.17, 15) is 5.11 Å². The largest absolute Gasteiger partial charge is 0.507 e. The molecule has 4 heteroatoms. The second kappa shape index (κ2) is 12.7. The minimum absolute atomic E-state index is 0.106. The number of fused-ring (bicyclic) bond motifs is 3. The highest BCUT2D eigenvalue weighted by molar-refractivity contribution is 6.00. The first kappa shape index (κ1) is 35.3. The van der Waals surface area contributed by atoms with Gasteiger partial charge in [0.1, 0.15) is 11.6 Å². The molecule has 8 aromatic rings. The van der Waals surface area contributed by atoms with Crippen LogP contribution in [0.5, 0.6) is 5.75 Å². The van der Waals surface area contributed by atoms with Crippen LogP contribution in [0.4, 0.5) is 0 Å². The average Bonchev–Trinajstić information content (AvgIpc) is 3.52. The molecule has 0 atom stereocenters. The topological polar surface area (TPSA) is 50.9 Å². The molecule has 0 fully saturated rings. The van der Waals surface area contributed by atoms with Crippen molar-refractivity contribution in [1.82, 2.24) is 14.5 Å². The van der Waals surface area contributed by atoms with Crippen LogP contribution in [0, 0.1) is 0 Å². The second-order valence-electron chi connectivity index (χ2n) is 17.8. The molecule has 4 nitrogen and oxygen atoms in total. The third-order valence-corrected chi connectivity index (χ3v) is 10.7. The fourth-order valence-electron chi connectivity index (χ4n) is 7.56. The van der Waals surface area contributed by atoms with Crippen molar-refractivity contribution in [3.63, 3.8) is 0 Å². The number of para-hydroxylation sites is 2. The minimum Gasteiger partial charge on any atom is -0.507 e. The van der Waals surface area contributed by atoms with E-state index in [-0.39, 0.29) is 22.0 Å². The summed E-state index contributed by atoms with van der Waals surface area (Å²) in [6, 6.07) is 45.1. The third-order valence-electron chi connectivity index (χ3n) is 10.7. The first-order valence-corrected chi connectivity index (χ1v) is 19.0. The van der Waals surface area contributed by atoms with Crippen LogP contribution < -0.4 is 0 Å². The van der Waals surface area contributed by atoms with Gasteiger partial charge < -0.3 is 5.11 Å². The van der Waals surface area contributed by atoms with Gasteiger partial charge in [-0.05, 0) is 80.8 Å². The van der Waals surface area contributed by atoms with E-state index in [1.54, 1.807) is 0 Å². The molecule has 0 saturated carbocycles. The Kier molecular flexibility index (Phi) is 8.30. The molecular weight excluding hydrogens is 659 g/mol. The molecule has 6 aromatic carbocycles. The van der Waals surface area contributed by atoms with E-state index in [4.69, 9.17) is 9.97 Å². The van der Waals surface area contributed by atoms with E-state index < -0.39 is 0 Å². The van der Waals surface area contributed by atoms with Crippen LogP contribution in [-0.2, 0) is 16.2 Å². The van der Waals surface area contributed by atoms with Gasteiger partial charge in [0.15, 0.2) is 0 Å². The van der Waals surface area contributed by atoms with E-state index >= 15 is 0 Å². The average molecular weight is 708 g/mol. The van der Waals surface area contributed by atoms with Gasteiger partial charge in [-0.25, -0.2) is 9.97 Å². The Morgan fingerprint density at radius 3 is 1.91 bits per heavy atom. The molecule has 1 N–H and O–H groups in total. The summed E-state index contributed by atoms with van der Waals surface area (Å²) in [6.45, 7) is 19.9. The van der Waals surface area contributed by atoms with Crippen molar-refractivity contribution in [2.45, 2.75) is 78.6 Å². The van der Waals surface area contributed by atoms with Crippen molar-refractivity contribution in [1.29, 1.82) is 0 Å². The number of pyridine rings is 1. The molecule has 0 aliphatic heterocycles. The Hall–Kier alpha value is -5.74. The molecule has 2 heterocycles. The Labute approximate surface area is 319 Å². The molecular formula is C50H49N3O. The number of aromatic nitrogens is 3. The highest BCUT2D eigenvalue weighted by Crippen LogP contribution is 2.45. The molecule has 8 rings (SSSR count). The summed E-state index contributed by atoms with van der Waals surface area (Å²) in [4.78, 5) is 10.7. The molecule has 54 heavy (non-hydrogen) atoms. The lowest BCUT2D eigenvalue weighted by atomic mass is 9.79. The lowest BCUT2D eigenvalue weighted by molar-refractivity contribution is 0.446. The van der Waals surface area contributed by atoms with Crippen molar-refractivity contribution < 1.29 is 5.11 Å². The van der Waals surface area contributed by atoms with Gasteiger partial charge in [0.2, 0.25) is 0 Å². The van der Waals surface area contributed by atoms with Crippen LogP contribution in [0.1, 0.15) is 79.0 Å². The second-order valence-corrected chi connectivity index (χ2v) is 17.8. The molecule has 0 aliphatic carbocycles. The number of nitrogens with zero attached hydrogens (tertiary/aromatic N) is 3. The van der Waals surface area contributed by atoms with Gasteiger partial charge in [0.25, 0.3) is 0 Å². The molecule has 0 bridgehead atoms. The van der Waals surface area contributed by atoms with E-state index in [0.29, 0.717) is 5.82 Å². The van der Waals surface area contributed by atoms with Crippen molar-refractivity contribution in [2.24, 2.45) is 0 Å². The van der Waals surface area contributed by atoms with Crippen molar-refractivity contribution in [3.05, 3.63) is 144 Å². The summed E-state index contributed by atoms with van der Waals surface area (Å²) < 4.78 is 2.26. The van der Waals surface area contributed by atoms with Gasteiger partial charge >= 0.3 is 0 Å². The fraction of sp³-hybridized carbons (Fsp3) is 0.240. The summed E-state index contributed by atoms with van der Waals surface area (Å²) in [7, 11) is 0. The van der Waals surface area contributed by atoms with Crippen LogP contribution >= 0.6 is 0 Å². The molecule has 0 radical (unpaired) electrons. The number of phenolic OH excluding ortho intramolecular Hbond substituents is 1. The van der Waals surface area contributed by atoms with Crippen molar-refractivity contribution >= 4 is 32.7 Å². The predicted molar refractivity (Wildman–Crippen MR) is 228 cm³/mol. The summed E-state index contributed by atoms with van der Waals surface area (Å²) in [5, 5.41) is 15.7. The maximum absolute atomic E-state index is 12.3. The lowest BCUT2D eigenvalue weighted by Gasteiger charge is -2.27. The van der Waals surface area contributed by atoms with Crippen LogP contribution in [0.2, 0.25) is 0 Å². The van der Waals surface area contributed by atoms with E-state index in [0.717, 1.165) is 77.5 Å². The molecule has 0 amide bonds. The van der Waals surface area contributed by atoms with Gasteiger partial charge in [-0.15, -0.1) is 0 Å². The Bertz CT molecular complexity index is 2720. The number of hydrogen-bond acceptors (Lipinski definition) is 3. The zero-order valence-electron chi connectivity index (χ0n) is 32.9. The summed E-state index contributed by atoms with van der Waals surface area (Å²) in [5.74, 6) is 0.986. The van der Waals surface area contributed by atoms with Gasteiger partial charge in [0.05, 0.1) is 33.5 Å². The number of phenols is 1. The Balaban J connectivity index is 1.46. The van der Waals surface area contributed by atoms with Gasteiger partial charge in [-0.1, -0.05) is 147 Å². The van der Waals surface area contributed by atoms with Crippen LogP contribution in [0.25, 0.3) is 72.2 Å². The zero-order valence-corrected chi connectivity index (χ0v) is 32.9. The highest BCUT2D eigenvalue weighted by atomic mass is 16.3. The van der Waals surface area contributed by atoms with Crippen LogP contribution in [-0.4, -0.2) is 19.6 Å². The SMILES string of the molecule is CC(C)(C)c1cc(-c2ccc3ccccc3n2)cc(-c2cccc3c2nc(-c2cc(C(C)(C)C)cc(C(C)(C)C)c2O)n3-c2cccc3ccccc23)c1. The van der Waals surface area contributed by atoms with E-state index in [1.165, 1.54) is 5.56 Å². The minimum atomic E-state index is -0.290. The van der Waals surface area contributed by atoms with Crippen LogP contribution in [0.3, 0.4) is 0 Å². The maximum atomic E-state index is 12.3. The standard InChI is InChI=1S/C50H49N3O/c1-48(2,3)35-27-33(26-34(28-35)42-25-24-32-17-11-13-21-41(32)51-42)38-20-15-23-44-45(38)52-47(53(44)43-22-14-18-31-16-10-12-19-37(31)43)39-29-36(49(4,5)6)30-40(46(39)54)50(7,8)9/h10-30,54H,1-9H3. The molecule has 0 aliphatic rings. The number of aromatic hydroxyl groups is 1. The molecule has 0 saturated heterocycles.